The number of carbonyl (C=O) groups excluding carboxylic acids is 1. The van der Waals surface area contributed by atoms with Gasteiger partial charge in [-0.15, -0.1) is 0 Å². The summed E-state index contributed by atoms with van der Waals surface area (Å²) in [7, 11) is 0. The summed E-state index contributed by atoms with van der Waals surface area (Å²) >= 11 is 0. The zero-order valence-electron chi connectivity index (χ0n) is 5.72. The fraction of sp³-hybridized carbons (Fsp3) is 0.500. The Morgan fingerprint density at radius 3 is 2.67 bits per heavy atom. The number of ether oxygens (including phenoxy) is 1. The molecule has 0 aliphatic rings. The van der Waals surface area contributed by atoms with Gasteiger partial charge in [-0.2, -0.15) is 0 Å². The molecule has 48 valence electrons. The smallest absolute Gasteiger partial charge is 0.330 e. The number of hydrogen-bond acceptors (Lipinski definition) is 2. The maximum atomic E-state index is 10.2. The Hall–Kier alpha value is -0.167. The molecule has 0 saturated heterocycles. The van der Waals surface area contributed by atoms with Gasteiger partial charge < -0.3 is 4.74 Å². The van der Waals surface area contributed by atoms with Gasteiger partial charge in [0.1, 0.15) is 0 Å². The molecule has 0 aliphatic heterocycles. The van der Waals surface area contributed by atoms with Crippen LogP contribution in [0.5, 0.6) is 0 Å². The van der Waals surface area contributed by atoms with Gasteiger partial charge in [0.25, 0.3) is 0 Å². The monoisotopic (exact) mass is 178 g/mol. The first-order chi connectivity index (χ1) is 3.81. The molecular weight excluding hydrogens is 169 g/mol. The van der Waals surface area contributed by atoms with Crippen LogP contribution in [-0.2, 0) is 29.0 Å². The molecule has 0 bridgehead atoms. The molecule has 0 saturated carbocycles. The number of hydrogen-bond donors (Lipinski definition) is 0. The first-order valence-corrected chi connectivity index (χ1v) is 2.60. The summed E-state index contributed by atoms with van der Waals surface area (Å²) in [5, 5.41) is 0. The van der Waals surface area contributed by atoms with Gasteiger partial charge in [0.05, 0.1) is 6.61 Å². The molecule has 0 radical (unpaired) electrons. The van der Waals surface area contributed by atoms with E-state index >= 15 is 0 Å². The fourth-order valence-corrected chi connectivity index (χ4v) is 0.262. The van der Waals surface area contributed by atoms with Crippen molar-refractivity contribution >= 4 is 5.97 Å². The third-order valence-corrected chi connectivity index (χ3v) is 0.615. The molecular formula is C6H10O2Zn. The van der Waals surface area contributed by atoms with Crippen LogP contribution in [0.1, 0.15) is 13.3 Å². The Kier molecular flexibility index (Phi) is 10.1. The third kappa shape index (κ3) is 7.83. The van der Waals surface area contributed by atoms with Gasteiger partial charge in [0, 0.05) is 25.6 Å². The van der Waals surface area contributed by atoms with E-state index < -0.39 is 0 Å². The van der Waals surface area contributed by atoms with Crippen molar-refractivity contribution < 1.29 is 29.0 Å². The molecule has 0 aromatic carbocycles. The zero-order valence-corrected chi connectivity index (χ0v) is 8.69. The summed E-state index contributed by atoms with van der Waals surface area (Å²) in [5.74, 6) is -0.341. The predicted octanol–water partition coefficient (Wildman–Crippen LogP) is 1.12. The number of rotatable bonds is 3. The van der Waals surface area contributed by atoms with Crippen molar-refractivity contribution in [3.63, 3.8) is 0 Å². The summed E-state index contributed by atoms with van der Waals surface area (Å²) in [4.78, 5) is 10.2. The summed E-state index contributed by atoms with van der Waals surface area (Å²) in [6, 6.07) is 0. The molecule has 9 heavy (non-hydrogen) atoms. The van der Waals surface area contributed by atoms with E-state index in [1.54, 1.807) is 0 Å². The topological polar surface area (TPSA) is 26.3 Å². The molecule has 2 nitrogen and oxygen atoms in total. The second kappa shape index (κ2) is 7.83. The molecule has 0 unspecified atom stereocenters. The van der Waals surface area contributed by atoms with E-state index in [1.807, 2.05) is 6.92 Å². The van der Waals surface area contributed by atoms with Crippen LogP contribution in [0, 0.1) is 0 Å². The average Bonchev–Trinajstić information content (AvgIpc) is 1.83. The van der Waals surface area contributed by atoms with Gasteiger partial charge in [-0.3, -0.25) is 0 Å². The Bertz CT molecular complexity index is 91.1. The van der Waals surface area contributed by atoms with E-state index in [1.165, 1.54) is 0 Å². The fourth-order valence-electron chi connectivity index (χ4n) is 0.262. The molecule has 0 aromatic rings. The standard InChI is InChI=1S/C6H10O2.Zn/c1-3-5-8-6(7)4-2;/h4H,2-3,5H2,1H3;. The largest absolute Gasteiger partial charge is 0.463 e. The summed E-state index contributed by atoms with van der Waals surface area (Å²) in [5.41, 5.74) is 0. The quantitative estimate of drug-likeness (QED) is 0.369. The Morgan fingerprint density at radius 1 is 1.78 bits per heavy atom. The number of esters is 1. The second-order valence-corrected chi connectivity index (χ2v) is 1.37. The van der Waals surface area contributed by atoms with E-state index in [4.69, 9.17) is 0 Å². The molecule has 0 amide bonds. The van der Waals surface area contributed by atoms with Crippen LogP contribution in [0.2, 0.25) is 0 Å². The minimum atomic E-state index is -0.341. The summed E-state index contributed by atoms with van der Waals surface area (Å²) < 4.78 is 4.58. The molecule has 0 atom stereocenters. The van der Waals surface area contributed by atoms with Crippen molar-refractivity contribution in [2.45, 2.75) is 13.3 Å². The molecule has 0 aliphatic carbocycles. The van der Waals surface area contributed by atoms with E-state index in [2.05, 4.69) is 11.3 Å². The van der Waals surface area contributed by atoms with Crippen LogP contribution in [0.25, 0.3) is 0 Å². The second-order valence-electron chi connectivity index (χ2n) is 1.37. The van der Waals surface area contributed by atoms with Gasteiger partial charge in [0.2, 0.25) is 0 Å². The van der Waals surface area contributed by atoms with Gasteiger partial charge in [0.15, 0.2) is 0 Å². The van der Waals surface area contributed by atoms with Gasteiger partial charge in [-0.1, -0.05) is 13.5 Å². The van der Waals surface area contributed by atoms with Crippen LogP contribution >= 0.6 is 0 Å². The zero-order chi connectivity index (χ0) is 6.41. The van der Waals surface area contributed by atoms with Gasteiger partial charge >= 0.3 is 5.97 Å². The Morgan fingerprint density at radius 2 is 2.33 bits per heavy atom. The van der Waals surface area contributed by atoms with E-state index in [9.17, 15) is 4.79 Å². The van der Waals surface area contributed by atoms with Crippen LogP contribution in [-0.4, -0.2) is 12.6 Å². The van der Waals surface area contributed by atoms with Crippen molar-refractivity contribution in [2.24, 2.45) is 0 Å². The van der Waals surface area contributed by atoms with Crippen LogP contribution in [0.15, 0.2) is 12.7 Å². The van der Waals surface area contributed by atoms with Crippen LogP contribution in [0.4, 0.5) is 0 Å². The Labute approximate surface area is 68.0 Å². The number of carbonyl (C=O) groups is 1. The van der Waals surface area contributed by atoms with Crippen molar-refractivity contribution in [1.29, 1.82) is 0 Å². The minimum Gasteiger partial charge on any atom is -0.463 e. The van der Waals surface area contributed by atoms with Crippen molar-refractivity contribution in [1.82, 2.24) is 0 Å². The van der Waals surface area contributed by atoms with E-state index in [0.717, 1.165) is 12.5 Å². The van der Waals surface area contributed by atoms with E-state index in [0.29, 0.717) is 6.61 Å². The maximum Gasteiger partial charge on any atom is 0.330 e. The van der Waals surface area contributed by atoms with Gasteiger partial charge in [-0.25, -0.2) is 4.79 Å². The molecule has 0 N–H and O–H groups in total. The van der Waals surface area contributed by atoms with Crippen LogP contribution < -0.4 is 0 Å². The van der Waals surface area contributed by atoms with Crippen molar-refractivity contribution in [3.05, 3.63) is 12.7 Å². The molecule has 0 rings (SSSR count). The molecule has 0 aromatic heterocycles. The first-order valence-electron chi connectivity index (χ1n) is 2.60. The molecule has 0 fully saturated rings. The molecule has 0 heterocycles. The maximum absolute atomic E-state index is 10.2. The van der Waals surface area contributed by atoms with Crippen LogP contribution in [0.3, 0.4) is 0 Å². The van der Waals surface area contributed by atoms with Crippen molar-refractivity contribution in [3.8, 4) is 0 Å². The van der Waals surface area contributed by atoms with E-state index in [-0.39, 0.29) is 25.4 Å². The summed E-state index contributed by atoms with van der Waals surface area (Å²) in [6.07, 6.45) is 2.02. The normalized spacial score (nSPS) is 7.22. The minimum absolute atomic E-state index is 0. The molecule has 0 spiro atoms. The average molecular weight is 180 g/mol. The SMILES string of the molecule is C=CC(=O)OCCC.[Zn]. The predicted molar refractivity (Wildman–Crippen MR) is 31.4 cm³/mol. The summed E-state index contributed by atoms with van der Waals surface area (Å²) in [6.45, 7) is 5.67. The van der Waals surface area contributed by atoms with Gasteiger partial charge in [-0.05, 0) is 6.42 Å². The first kappa shape index (κ1) is 11.6. The third-order valence-electron chi connectivity index (χ3n) is 0.615. The van der Waals surface area contributed by atoms with Crippen molar-refractivity contribution in [2.75, 3.05) is 6.61 Å². The Balaban J connectivity index is 0. The molecule has 3 heteroatoms.